The highest BCUT2D eigenvalue weighted by atomic mass is 16.5. The van der Waals surface area contributed by atoms with Crippen molar-refractivity contribution in [3.63, 3.8) is 0 Å². The summed E-state index contributed by atoms with van der Waals surface area (Å²) in [6.45, 7) is 8.31. The molecule has 4 rings (SSSR count). The predicted octanol–water partition coefficient (Wildman–Crippen LogP) is 4.71. The van der Waals surface area contributed by atoms with E-state index in [1.54, 1.807) is 7.11 Å². The second-order valence-corrected chi connectivity index (χ2v) is 7.57. The Balaban J connectivity index is 1.80. The van der Waals surface area contributed by atoms with E-state index in [1.165, 1.54) is 18.4 Å². The Morgan fingerprint density at radius 2 is 2.00 bits per heavy atom. The summed E-state index contributed by atoms with van der Waals surface area (Å²) in [6, 6.07) is 4.15. The van der Waals surface area contributed by atoms with Gasteiger partial charge in [-0.05, 0) is 69.1 Å². The Labute approximate surface area is 160 Å². The number of nitrogens with zero attached hydrogens (tertiary/aromatic N) is 4. The van der Waals surface area contributed by atoms with Crippen LogP contribution in [-0.4, -0.2) is 26.7 Å². The number of rotatable bonds is 6. The van der Waals surface area contributed by atoms with E-state index in [-0.39, 0.29) is 0 Å². The van der Waals surface area contributed by atoms with Gasteiger partial charge in [-0.15, -0.1) is 0 Å². The van der Waals surface area contributed by atoms with Gasteiger partial charge in [0.1, 0.15) is 11.6 Å². The first-order valence-corrected chi connectivity index (χ1v) is 9.66. The van der Waals surface area contributed by atoms with E-state index >= 15 is 0 Å². The van der Waals surface area contributed by atoms with Crippen molar-refractivity contribution in [3.8, 4) is 5.75 Å². The molecule has 2 aromatic heterocycles. The van der Waals surface area contributed by atoms with Crippen molar-refractivity contribution in [2.75, 3.05) is 12.4 Å². The van der Waals surface area contributed by atoms with Crippen LogP contribution < -0.4 is 10.1 Å². The fourth-order valence-electron chi connectivity index (χ4n) is 4.01. The largest absolute Gasteiger partial charge is 0.495 e. The summed E-state index contributed by atoms with van der Waals surface area (Å²) >= 11 is 0. The van der Waals surface area contributed by atoms with Crippen molar-refractivity contribution < 1.29 is 4.74 Å². The number of hydrogen-bond donors (Lipinski definition) is 1. The molecule has 1 N–H and O–H groups in total. The lowest BCUT2D eigenvalue weighted by molar-refractivity contribution is 0.416. The predicted molar refractivity (Wildman–Crippen MR) is 107 cm³/mol. The van der Waals surface area contributed by atoms with E-state index in [1.807, 2.05) is 23.7 Å². The van der Waals surface area contributed by atoms with E-state index in [4.69, 9.17) is 9.72 Å². The maximum atomic E-state index is 5.59. The first-order chi connectivity index (χ1) is 13.0. The maximum Gasteiger partial charge on any atom is 0.232 e. The van der Waals surface area contributed by atoms with Crippen LogP contribution in [0.25, 0.3) is 5.65 Å². The highest BCUT2D eigenvalue weighted by molar-refractivity contribution is 5.69. The average molecular weight is 365 g/mol. The summed E-state index contributed by atoms with van der Waals surface area (Å²) in [7, 11) is 1.69. The molecule has 1 atom stereocenters. The molecule has 6 heteroatoms. The molecule has 142 valence electrons. The van der Waals surface area contributed by atoms with Gasteiger partial charge in [-0.25, -0.2) is 4.98 Å². The number of fused-ring (bicyclic) bond motifs is 1. The van der Waals surface area contributed by atoms with Gasteiger partial charge in [-0.1, -0.05) is 13.0 Å². The Morgan fingerprint density at radius 3 is 2.67 bits per heavy atom. The van der Waals surface area contributed by atoms with Crippen LogP contribution in [0.4, 0.5) is 11.6 Å². The molecular formula is C21H27N5O. The number of methoxy groups -OCH3 is 1. The normalized spacial score (nSPS) is 15.1. The maximum absolute atomic E-state index is 5.59. The number of ether oxygens (including phenoxy) is 1. The zero-order valence-electron chi connectivity index (χ0n) is 16.7. The minimum absolute atomic E-state index is 0.528. The van der Waals surface area contributed by atoms with Crippen LogP contribution in [-0.2, 0) is 0 Å². The highest BCUT2D eigenvalue weighted by Crippen LogP contribution is 2.45. The molecule has 3 aromatic rings. The lowest BCUT2D eigenvalue weighted by atomic mass is 9.94. The lowest BCUT2D eigenvalue weighted by Crippen LogP contribution is -2.09. The quantitative estimate of drug-likeness (QED) is 0.685. The molecule has 0 spiro atoms. The van der Waals surface area contributed by atoms with E-state index in [9.17, 15) is 0 Å². The summed E-state index contributed by atoms with van der Waals surface area (Å²) < 4.78 is 7.41. The van der Waals surface area contributed by atoms with Gasteiger partial charge in [0.15, 0.2) is 5.65 Å². The molecule has 0 radical (unpaired) electrons. The topological polar surface area (TPSA) is 64.3 Å². The average Bonchev–Trinajstić information content (AvgIpc) is 3.38. The third-order valence-electron chi connectivity index (χ3n) is 5.44. The number of benzene rings is 1. The van der Waals surface area contributed by atoms with Crippen molar-refractivity contribution in [1.29, 1.82) is 0 Å². The van der Waals surface area contributed by atoms with Crippen molar-refractivity contribution in [2.24, 2.45) is 5.92 Å². The van der Waals surface area contributed by atoms with Crippen LogP contribution >= 0.6 is 0 Å². The first-order valence-electron chi connectivity index (χ1n) is 9.66. The van der Waals surface area contributed by atoms with Gasteiger partial charge >= 0.3 is 0 Å². The molecule has 27 heavy (non-hydrogen) atoms. The van der Waals surface area contributed by atoms with Crippen LogP contribution in [0.3, 0.4) is 0 Å². The number of aromatic nitrogens is 4. The molecule has 1 aromatic carbocycles. The molecule has 0 aliphatic heterocycles. The molecule has 2 heterocycles. The monoisotopic (exact) mass is 365 g/mol. The SMILES string of the molecule is CCC(c1cnn2c(Nc3c(C)cc(C)cc3OC)nc(C)nc12)C1CC1. The third-order valence-corrected chi connectivity index (χ3v) is 5.44. The molecule has 0 bridgehead atoms. The minimum atomic E-state index is 0.528. The van der Waals surface area contributed by atoms with Crippen LogP contribution in [0.2, 0.25) is 0 Å². The van der Waals surface area contributed by atoms with Gasteiger partial charge in [0.05, 0.1) is 19.0 Å². The Hall–Kier alpha value is -2.63. The van der Waals surface area contributed by atoms with E-state index in [0.717, 1.165) is 46.4 Å². The number of anilines is 2. The molecule has 1 saturated carbocycles. The van der Waals surface area contributed by atoms with Crippen LogP contribution in [0, 0.1) is 26.7 Å². The molecule has 0 amide bonds. The summed E-state index contributed by atoms with van der Waals surface area (Å²) in [5.74, 6) is 3.50. The summed E-state index contributed by atoms with van der Waals surface area (Å²) in [4.78, 5) is 9.33. The Kier molecular flexibility index (Phi) is 4.50. The molecule has 1 fully saturated rings. The number of nitrogens with one attached hydrogen (secondary N) is 1. The summed E-state index contributed by atoms with van der Waals surface area (Å²) in [5.41, 5.74) is 5.32. The fourth-order valence-corrected chi connectivity index (χ4v) is 4.01. The second-order valence-electron chi connectivity index (χ2n) is 7.57. The second kappa shape index (κ2) is 6.83. The van der Waals surface area contributed by atoms with Gasteiger partial charge in [-0.2, -0.15) is 14.6 Å². The first kappa shape index (κ1) is 17.8. The Morgan fingerprint density at radius 1 is 1.22 bits per heavy atom. The van der Waals surface area contributed by atoms with Gasteiger partial charge in [-0.3, -0.25) is 0 Å². The zero-order valence-corrected chi connectivity index (χ0v) is 16.7. The number of aryl methyl sites for hydroxylation is 3. The standard InChI is InChI=1S/C21H27N5O/c1-6-16(15-7-8-15)17-11-22-26-20(17)23-14(4)24-21(26)25-19-13(3)9-12(2)10-18(19)27-5/h9-11,15-16H,6-8H2,1-5H3,(H,23,24,25). The third kappa shape index (κ3) is 3.24. The molecule has 1 aliphatic rings. The number of hydrogen-bond acceptors (Lipinski definition) is 5. The van der Waals surface area contributed by atoms with Crippen molar-refractivity contribution in [1.82, 2.24) is 19.6 Å². The lowest BCUT2D eigenvalue weighted by Gasteiger charge is -2.16. The zero-order chi connectivity index (χ0) is 19.1. The molecule has 1 aliphatic carbocycles. The van der Waals surface area contributed by atoms with Crippen molar-refractivity contribution in [2.45, 2.75) is 52.9 Å². The smallest absolute Gasteiger partial charge is 0.232 e. The molecule has 0 saturated heterocycles. The van der Waals surface area contributed by atoms with Crippen LogP contribution in [0.1, 0.15) is 54.6 Å². The van der Waals surface area contributed by atoms with E-state index in [0.29, 0.717) is 11.9 Å². The minimum Gasteiger partial charge on any atom is -0.495 e. The van der Waals surface area contributed by atoms with Crippen LogP contribution in [0.15, 0.2) is 18.3 Å². The molecule has 1 unspecified atom stereocenters. The van der Waals surface area contributed by atoms with Gasteiger partial charge in [0, 0.05) is 5.56 Å². The van der Waals surface area contributed by atoms with E-state index < -0.39 is 0 Å². The van der Waals surface area contributed by atoms with Crippen LogP contribution in [0.5, 0.6) is 5.75 Å². The van der Waals surface area contributed by atoms with Gasteiger partial charge in [0.2, 0.25) is 5.95 Å². The van der Waals surface area contributed by atoms with Crippen molar-refractivity contribution in [3.05, 3.63) is 40.8 Å². The van der Waals surface area contributed by atoms with Gasteiger partial charge < -0.3 is 10.1 Å². The highest BCUT2D eigenvalue weighted by Gasteiger charge is 2.33. The van der Waals surface area contributed by atoms with Crippen molar-refractivity contribution >= 4 is 17.3 Å². The fraction of sp³-hybridized carbons (Fsp3) is 0.476. The van der Waals surface area contributed by atoms with E-state index in [2.05, 4.69) is 42.2 Å². The Bertz CT molecular complexity index is 990. The molecular weight excluding hydrogens is 338 g/mol. The van der Waals surface area contributed by atoms with Gasteiger partial charge in [0.25, 0.3) is 0 Å². The summed E-state index contributed by atoms with van der Waals surface area (Å²) in [6.07, 6.45) is 5.71. The summed E-state index contributed by atoms with van der Waals surface area (Å²) in [5, 5.41) is 8.07. The molecule has 6 nitrogen and oxygen atoms in total.